The van der Waals surface area contributed by atoms with Crippen LogP contribution in [0.4, 0.5) is 5.69 Å². The molecule has 0 aliphatic heterocycles. The van der Waals surface area contributed by atoms with Crippen molar-refractivity contribution < 1.29 is 4.74 Å². The van der Waals surface area contributed by atoms with Crippen LogP contribution in [0.2, 0.25) is 10.0 Å². The lowest BCUT2D eigenvalue weighted by molar-refractivity contribution is 0.182. The standard InChI is InChI=1S/C12H18Cl2N2O/c1-17-8-9(4-3-7-15)16-12-10(13)5-2-6-11(12)14/h2,5-6,9,16H,3-4,7-8,15H2,1H3. The number of halogens is 2. The highest BCUT2D eigenvalue weighted by Gasteiger charge is 2.12. The predicted octanol–water partition coefficient (Wildman–Crippen LogP) is 3.16. The van der Waals surface area contributed by atoms with Gasteiger partial charge in [0.1, 0.15) is 0 Å². The Hall–Kier alpha value is -0.480. The Bertz CT molecular complexity index is 327. The fourth-order valence-electron chi connectivity index (χ4n) is 1.60. The summed E-state index contributed by atoms with van der Waals surface area (Å²) in [4.78, 5) is 0. The molecule has 0 aliphatic carbocycles. The lowest BCUT2D eigenvalue weighted by atomic mass is 10.1. The average molecular weight is 277 g/mol. The van der Waals surface area contributed by atoms with Gasteiger partial charge in [0.25, 0.3) is 0 Å². The van der Waals surface area contributed by atoms with Gasteiger partial charge in [0.05, 0.1) is 22.3 Å². The van der Waals surface area contributed by atoms with Crippen molar-refractivity contribution in [3.8, 4) is 0 Å². The van der Waals surface area contributed by atoms with Gasteiger partial charge < -0.3 is 15.8 Å². The molecule has 0 saturated heterocycles. The van der Waals surface area contributed by atoms with Crippen LogP contribution >= 0.6 is 23.2 Å². The van der Waals surface area contributed by atoms with Crippen molar-refractivity contribution >= 4 is 28.9 Å². The van der Waals surface area contributed by atoms with Gasteiger partial charge in [-0.25, -0.2) is 0 Å². The van der Waals surface area contributed by atoms with Crippen LogP contribution in [0.3, 0.4) is 0 Å². The van der Waals surface area contributed by atoms with Gasteiger partial charge in [0.2, 0.25) is 0 Å². The van der Waals surface area contributed by atoms with E-state index in [0.29, 0.717) is 23.2 Å². The summed E-state index contributed by atoms with van der Waals surface area (Å²) in [6.07, 6.45) is 1.86. The number of ether oxygens (including phenoxy) is 1. The Kier molecular flexibility index (Phi) is 6.66. The zero-order chi connectivity index (χ0) is 12.7. The van der Waals surface area contributed by atoms with Gasteiger partial charge >= 0.3 is 0 Å². The Balaban J connectivity index is 2.70. The van der Waals surface area contributed by atoms with Gasteiger partial charge in [-0.05, 0) is 31.5 Å². The number of para-hydroxylation sites is 1. The fourth-order valence-corrected chi connectivity index (χ4v) is 2.11. The zero-order valence-electron chi connectivity index (χ0n) is 9.88. The van der Waals surface area contributed by atoms with E-state index < -0.39 is 0 Å². The second kappa shape index (κ2) is 7.77. The van der Waals surface area contributed by atoms with Crippen LogP contribution in [0, 0.1) is 0 Å². The molecule has 17 heavy (non-hydrogen) atoms. The normalized spacial score (nSPS) is 12.5. The van der Waals surface area contributed by atoms with Crippen LogP contribution in [-0.2, 0) is 4.74 Å². The lowest BCUT2D eigenvalue weighted by Crippen LogP contribution is -2.26. The van der Waals surface area contributed by atoms with E-state index in [4.69, 9.17) is 33.7 Å². The molecule has 0 aliphatic rings. The second-order valence-electron chi connectivity index (χ2n) is 3.82. The first-order valence-electron chi connectivity index (χ1n) is 5.58. The molecule has 1 aromatic rings. The molecule has 0 spiro atoms. The van der Waals surface area contributed by atoms with Gasteiger partial charge in [-0.1, -0.05) is 29.3 Å². The lowest BCUT2D eigenvalue weighted by Gasteiger charge is -2.20. The van der Waals surface area contributed by atoms with E-state index in [2.05, 4.69) is 5.32 Å². The fraction of sp³-hybridized carbons (Fsp3) is 0.500. The van der Waals surface area contributed by atoms with Crippen molar-refractivity contribution in [1.82, 2.24) is 0 Å². The van der Waals surface area contributed by atoms with E-state index in [9.17, 15) is 0 Å². The minimum atomic E-state index is 0.168. The largest absolute Gasteiger partial charge is 0.383 e. The van der Waals surface area contributed by atoms with Crippen molar-refractivity contribution in [1.29, 1.82) is 0 Å². The summed E-state index contributed by atoms with van der Waals surface area (Å²) in [7, 11) is 1.67. The number of hydrogen-bond donors (Lipinski definition) is 2. The van der Waals surface area contributed by atoms with E-state index in [1.54, 1.807) is 7.11 Å². The maximum absolute atomic E-state index is 6.10. The average Bonchev–Trinajstić information content (AvgIpc) is 2.31. The van der Waals surface area contributed by atoms with Crippen molar-refractivity contribution in [2.24, 2.45) is 5.73 Å². The number of nitrogens with one attached hydrogen (secondary N) is 1. The highest BCUT2D eigenvalue weighted by atomic mass is 35.5. The van der Waals surface area contributed by atoms with Crippen LogP contribution in [0.25, 0.3) is 0 Å². The van der Waals surface area contributed by atoms with Crippen LogP contribution in [0.5, 0.6) is 0 Å². The van der Waals surface area contributed by atoms with Crippen molar-refractivity contribution in [3.63, 3.8) is 0 Å². The molecule has 0 fully saturated rings. The van der Waals surface area contributed by atoms with Gasteiger partial charge in [0.15, 0.2) is 0 Å². The minimum absolute atomic E-state index is 0.168. The smallest absolute Gasteiger partial charge is 0.0721 e. The first-order chi connectivity index (χ1) is 8.19. The molecule has 5 heteroatoms. The molecule has 0 saturated carbocycles. The van der Waals surface area contributed by atoms with E-state index in [-0.39, 0.29) is 6.04 Å². The second-order valence-corrected chi connectivity index (χ2v) is 4.64. The third kappa shape index (κ3) is 4.72. The summed E-state index contributed by atoms with van der Waals surface area (Å²) in [6, 6.07) is 5.60. The summed E-state index contributed by atoms with van der Waals surface area (Å²) >= 11 is 12.2. The summed E-state index contributed by atoms with van der Waals surface area (Å²) < 4.78 is 5.16. The molecule has 1 aromatic carbocycles. The third-order valence-corrected chi connectivity index (χ3v) is 3.07. The van der Waals surface area contributed by atoms with Gasteiger partial charge in [-0.2, -0.15) is 0 Å². The van der Waals surface area contributed by atoms with Crippen LogP contribution < -0.4 is 11.1 Å². The summed E-state index contributed by atoms with van der Waals surface area (Å²) in [5.41, 5.74) is 6.26. The SMILES string of the molecule is COCC(CCCN)Nc1c(Cl)cccc1Cl. The topological polar surface area (TPSA) is 47.3 Å². The monoisotopic (exact) mass is 276 g/mol. The molecule has 0 radical (unpaired) electrons. The maximum Gasteiger partial charge on any atom is 0.0721 e. The zero-order valence-corrected chi connectivity index (χ0v) is 11.4. The predicted molar refractivity (Wildman–Crippen MR) is 74.0 cm³/mol. The molecule has 1 rings (SSSR count). The number of hydrogen-bond acceptors (Lipinski definition) is 3. The highest BCUT2D eigenvalue weighted by molar-refractivity contribution is 6.39. The van der Waals surface area contributed by atoms with Crippen LogP contribution in [0.1, 0.15) is 12.8 Å². The molecular weight excluding hydrogens is 259 g/mol. The van der Waals surface area contributed by atoms with Crippen molar-refractivity contribution in [2.45, 2.75) is 18.9 Å². The number of nitrogens with two attached hydrogens (primary N) is 1. The molecule has 0 bridgehead atoms. The van der Waals surface area contributed by atoms with E-state index >= 15 is 0 Å². The van der Waals surface area contributed by atoms with E-state index in [1.165, 1.54) is 0 Å². The molecule has 1 atom stereocenters. The summed E-state index contributed by atoms with van der Waals surface area (Å²) in [5, 5.41) is 4.54. The number of methoxy groups -OCH3 is 1. The van der Waals surface area contributed by atoms with Gasteiger partial charge in [-0.15, -0.1) is 0 Å². The molecule has 1 unspecified atom stereocenters. The van der Waals surface area contributed by atoms with E-state index in [1.807, 2.05) is 18.2 Å². The Morgan fingerprint density at radius 3 is 2.53 bits per heavy atom. The summed E-state index contributed by atoms with van der Waals surface area (Å²) in [6.45, 7) is 1.26. The Morgan fingerprint density at radius 1 is 1.35 bits per heavy atom. The molecule has 96 valence electrons. The summed E-state index contributed by atoms with van der Waals surface area (Å²) in [5.74, 6) is 0. The van der Waals surface area contributed by atoms with E-state index in [0.717, 1.165) is 18.5 Å². The maximum atomic E-state index is 6.10. The first-order valence-corrected chi connectivity index (χ1v) is 6.34. The third-order valence-electron chi connectivity index (χ3n) is 2.44. The number of rotatable bonds is 7. The Labute approximate surface area is 112 Å². The molecule has 0 heterocycles. The van der Waals surface area contributed by atoms with Crippen molar-refractivity contribution in [3.05, 3.63) is 28.2 Å². The molecular formula is C12H18Cl2N2O. The molecule has 0 aromatic heterocycles. The molecule has 3 nitrogen and oxygen atoms in total. The Morgan fingerprint density at radius 2 is 2.00 bits per heavy atom. The quantitative estimate of drug-likeness (QED) is 0.804. The first kappa shape index (κ1) is 14.6. The van der Waals surface area contributed by atoms with Crippen LogP contribution in [-0.4, -0.2) is 26.3 Å². The van der Waals surface area contributed by atoms with Crippen molar-refractivity contribution in [2.75, 3.05) is 25.6 Å². The molecule has 0 amide bonds. The highest BCUT2D eigenvalue weighted by Crippen LogP contribution is 2.30. The number of benzene rings is 1. The minimum Gasteiger partial charge on any atom is -0.383 e. The number of anilines is 1. The van der Waals surface area contributed by atoms with Crippen LogP contribution in [0.15, 0.2) is 18.2 Å². The van der Waals surface area contributed by atoms with Gasteiger partial charge in [0, 0.05) is 13.2 Å². The van der Waals surface area contributed by atoms with Gasteiger partial charge in [-0.3, -0.25) is 0 Å². The molecule has 3 N–H and O–H groups in total.